The number of hydrogen-bond donors (Lipinski definition) is 1. The smallest absolute Gasteiger partial charge is 0.129 e. The second kappa shape index (κ2) is 5.18. The third-order valence-electron chi connectivity index (χ3n) is 1.38. The Balaban J connectivity index is 4.24. The highest BCUT2D eigenvalue weighted by molar-refractivity contribution is 6.83. The zero-order valence-electron chi connectivity index (χ0n) is 8.44. The molecule has 0 aromatic carbocycles. The van der Waals surface area contributed by atoms with Crippen LogP contribution in [0, 0.1) is 11.5 Å². The third kappa shape index (κ3) is 6.20. The van der Waals surface area contributed by atoms with E-state index in [2.05, 4.69) is 31.1 Å². The SMILES string of the molecule is CC/C(=C/C#C[Si](C)(C)C)CO. The molecule has 0 spiro atoms. The highest BCUT2D eigenvalue weighted by Gasteiger charge is 2.06. The van der Waals surface area contributed by atoms with E-state index in [0.29, 0.717) is 0 Å². The summed E-state index contributed by atoms with van der Waals surface area (Å²) in [4.78, 5) is 0. The summed E-state index contributed by atoms with van der Waals surface area (Å²) in [5, 5.41) is 8.83. The van der Waals surface area contributed by atoms with E-state index in [1.165, 1.54) is 0 Å². The molecule has 0 radical (unpaired) electrons. The Morgan fingerprint density at radius 1 is 1.42 bits per heavy atom. The van der Waals surface area contributed by atoms with Crippen LogP contribution in [0.3, 0.4) is 0 Å². The summed E-state index contributed by atoms with van der Waals surface area (Å²) in [7, 11) is -1.24. The largest absolute Gasteiger partial charge is 0.392 e. The van der Waals surface area contributed by atoms with Gasteiger partial charge >= 0.3 is 0 Å². The summed E-state index contributed by atoms with van der Waals surface area (Å²) >= 11 is 0. The lowest BCUT2D eigenvalue weighted by Gasteiger charge is -2.02. The van der Waals surface area contributed by atoms with Crippen molar-refractivity contribution in [2.45, 2.75) is 33.0 Å². The van der Waals surface area contributed by atoms with E-state index in [1.54, 1.807) is 0 Å². The quantitative estimate of drug-likeness (QED) is 0.513. The molecule has 2 heteroatoms. The maximum Gasteiger partial charge on any atom is 0.129 e. The van der Waals surface area contributed by atoms with Gasteiger partial charge < -0.3 is 5.11 Å². The van der Waals surface area contributed by atoms with Gasteiger partial charge in [0, 0.05) is 0 Å². The molecule has 0 bridgehead atoms. The Hall–Kier alpha value is -0.523. The van der Waals surface area contributed by atoms with Crippen LogP contribution in [0.25, 0.3) is 0 Å². The summed E-state index contributed by atoms with van der Waals surface area (Å²) in [6.07, 6.45) is 2.73. The van der Waals surface area contributed by atoms with Crippen molar-refractivity contribution < 1.29 is 5.11 Å². The van der Waals surface area contributed by atoms with Gasteiger partial charge in [-0.15, -0.1) is 5.54 Å². The molecule has 0 aromatic heterocycles. The van der Waals surface area contributed by atoms with Crippen molar-refractivity contribution in [3.63, 3.8) is 0 Å². The van der Waals surface area contributed by atoms with Crippen molar-refractivity contribution in [1.82, 2.24) is 0 Å². The topological polar surface area (TPSA) is 20.2 Å². The van der Waals surface area contributed by atoms with Gasteiger partial charge in [0.15, 0.2) is 0 Å². The first-order valence-corrected chi connectivity index (χ1v) is 7.81. The molecule has 0 aromatic rings. The van der Waals surface area contributed by atoms with Crippen LogP contribution in [0.2, 0.25) is 19.6 Å². The molecule has 0 aliphatic rings. The average Bonchev–Trinajstić information content (AvgIpc) is 1.96. The fourth-order valence-corrected chi connectivity index (χ4v) is 1.12. The fourth-order valence-electron chi connectivity index (χ4n) is 0.614. The Labute approximate surface area is 76.5 Å². The molecule has 0 unspecified atom stereocenters. The van der Waals surface area contributed by atoms with Crippen LogP contribution in [0.4, 0.5) is 0 Å². The van der Waals surface area contributed by atoms with Crippen molar-refractivity contribution in [2.24, 2.45) is 0 Å². The van der Waals surface area contributed by atoms with Crippen molar-refractivity contribution >= 4 is 8.07 Å². The Morgan fingerprint density at radius 3 is 2.33 bits per heavy atom. The molecule has 0 amide bonds. The van der Waals surface area contributed by atoms with Crippen LogP contribution in [0.1, 0.15) is 13.3 Å². The monoisotopic (exact) mass is 182 g/mol. The minimum absolute atomic E-state index is 0.136. The summed E-state index contributed by atoms with van der Waals surface area (Å²) in [5.74, 6) is 3.02. The van der Waals surface area contributed by atoms with Crippen LogP contribution >= 0.6 is 0 Å². The molecule has 0 fully saturated rings. The van der Waals surface area contributed by atoms with Gasteiger partial charge in [0.25, 0.3) is 0 Å². The second-order valence-corrected chi connectivity index (χ2v) is 8.58. The lowest BCUT2D eigenvalue weighted by molar-refractivity contribution is 0.328. The zero-order chi connectivity index (χ0) is 9.61. The Kier molecular flexibility index (Phi) is 4.95. The molecule has 12 heavy (non-hydrogen) atoms. The summed E-state index contributed by atoms with van der Waals surface area (Å²) in [6, 6.07) is 0. The first-order chi connectivity index (χ1) is 5.49. The van der Waals surface area contributed by atoms with Gasteiger partial charge in [-0.2, -0.15) is 0 Å². The maximum absolute atomic E-state index is 8.83. The zero-order valence-corrected chi connectivity index (χ0v) is 9.44. The third-order valence-corrected chi connectivity index (χ3v) is 2.28. The molecule has 0 saturated carbocycles. The summed E-state index contributed by atoms with van der Waals surface area (Å²) in [6.45, 7) is 8.78. The number of hydrogen-bond acceptors (Lipinski definition) is 1. The van der Waals surface area contributed by atoms with Gasteiger partial charge in [0.2, 0.25) is 0 Å². The fraction of sp³-hybridized carbons (Fsp3) is 0.600. The van der Waals surface area contributed by atoms with Crippen molar-refractivity contribution in [3.05, 3.63) is 11.6 Å². The standard InChI is InChI=1S/C10H18OSi/c1-5-10(9-11)7-6-8-12(2,3)4/h7,11H,5,9H2,1-4H3/b10-7-. The van der Waals surface area contributed by atoms with Crippen LogP contribution in [0.15, 0.2) is 11.6 Å². The van der Waals surface area contributed by atoms with Crippen molar-refractivity contribution in [3.8, 4) is 11.5 Å². The van der Waals surface area contributed by atoms with E-state index in [9.17, 15) is 0 Å². The molecule has 0 heterocycles. The van der Waals surface area contributed by atoms with Crippen LogP contribution < -0.4 is 0 Å². The molecule has 0 atom stereocenters. The minimum atomic E-state index is -1.24. The van der Waals surface area contributed by atoms with Crippen LogP contribution in [-0.4, -0.2) is 19.8 Å². The predicted octanol–water partition coefficient (Wildman–Crippen LogP) is 2.20. The van der Waals surface area contributed by atoms with E-state index in [0.717, 1.165) is 12.0 Å². The average molecular weight is 182 g/mol. The lowest BCUT2D eigenvalue weighted by Crippen LogP contribution is -2.16. The Bertz CT molecular complexity index is 206. The Morgan fingerprint density at radius 2 is 2.00 bits per heavy atom. The molecular weight excluding hydrogens is 164 g/mol. The predicted molar refractivity (Wildman–Crippen MR) is 56.6 cm³/mol. The molecule has 0 saturated heterocycles. The summed E-state index contributed by atoms with van der Waals surface area (Å²) < 4.78 is 0. The number of aliphatic hydroxyl groups is 1. The molecule has 1 N–H and O–H groups in total. The summed E-state index contributed by atoms with van der Waals surface area (Å²) in [5.41, 5.74) is 4.24. The van der Waals surface area contributed by atoms with Gasteiger partial charge in [-0.05, 0) is 18.1 Å². The van der Waals surface area contributed by atoms with E-state index < -0.39 is 8.07 Å². The molecule has 0 aliphatic carbocycles. The van der Waals surface area contributed by atoms with Crippen molar-refractivity contribution in [1.29, 1.82) is 0 Å². The van der Waals surface area contributed by atoms with E-state index in [-0.39, 0.29) is 6.61 Å². The minimum Gasteiger partial charge on any atom is -0.392 e. The van der Waals surface area contributed by atoms with Gasteiger partial charge in [-0.25, -0.2) is 0 Å². The van der Waals surface area contributed by atoms with E-state index in [1.807, 2.05) is 13.0 Å². The molecule has 68 valence electrons. The molecule has 0 rings (SSSR count). The highest BCUT2D eigenvalue weighted by Crippen LogP contribution is 1.99. The van der Waals surface area contributed by atoms with Crippen molar-refractivity contribution in [2.75, 3.05) is 6.61 Å². The normalized spacial score (nSPS) is 12.2. The lowest BCUT2D eigenvalue weighted by atomic mass is 10.2. The molecule has 1 nitrogen and oxygen atoms in total. The first-order valence-electron chi connectivity index (χ1n) is 4.31. The second-order valence-electron chi connectivity index (χ2n) is 3.83. The molecular formula is C10H18OSi. The maximum atomic E-state index is 8.83. The van der Waals surface area contributed by atoms with E-state index in [4.69, 9.17) is 5.11 Å². The van der Waals surface area contributed by atoms with Gasteiger partial charge in [-0.3, -0.25) is 0 Å². The van der Waals surface area contributed by atoms with Crippen LogP contribution in [-0.2, 0) is 0 Å². The van der Waals surface area contributed by atoms with Gasteiger partial charge in [-0.1, -0.05) is 32.5 Å². The first kappa shape index (κ1) is 11.5. The van der Waals surface area contributed by atoms with E-state index >= 15 is 0 Å². The number of allylic oxidation sites excluding steroid dienone is 1. The number of rotatable bonds is 2. The highest BCUT2D eigenvalue weighted by atomic mass is 28.3. The number of aliphatic hydroxyl groups excluding tert-OH is 1. The van der Waals surface area contributed by atoms with Gasteiger partial charge in [0.05, 0.1) is 6.61 Å². The molecule has 0 aliphatic heterocycles. The van der Waals surface area contributed by atoms with Crippen LogP contribution in [0.5, 0.6) is 0 Å². The van der Waals surface area contributed by atoms with Gasteiger partial charge in [0.1, 0.15) is 8.07 Å².